The fraction of sp³-hybridized carbons (Fsp3) is 0.0870. The number of amides is 1. The van der Waals surface area contributed by atoms with E-state index in [0.717, 1.165) is 0 Å². The summed E-state index contributed by atoms with van der Waals surface area (Å²) in [5.74, 6) is -0.648. The van der Waals surface area contributed by atoms with Gasteiger partial charge in [0.2, 0.25) is 9.84 Å². The molecule has 0 aliphatic rings. The first-order chi connectivity index (χ1) is 14.9. The molecule has 4 rings (SSSR count). The molecule has 6 nitrogen and oxygen atoms in total. The number of rotatable bonds is 6. The minimum absolute atomic E-state index is 0.0618. The summed E-state index contributed by atoms with van der Waals surface area (Å²) in [5, 5.41) is 13.2. The summed E-state index contributed by atoms with van der Waals surface area (Å²) in [6.07, 6.45) is 0. The highest BCUT2D eigenvalue weighted by molar-refractivity contribution is 7.91. The molecule has 0 bridgehead atoms. The average Bonchev–Trinajstić information content (AvgIpc) is 3.18. The lowest BCUT2D eigenvalue weighted by Crippen LogP contribution is -2.32. The molecule has 8 heteroatoms. The third kappa shape index (κ3) is 4.07. The molecule has 1 unspecified atom stereocenters. The van der Waals surface area contributed by atoms with E-state index in [4.69, 9.17) is 11.6 Å². The Hall–Kier alpha value is -3.13. The number of benzene rings is 3. The van der Waals surface area contributed by atoms with Crippen LogP contribution < -0.4 is 5.32 Å². The standard InChI is InChI=1S/C23H19ClN2O4S/c24-16-11-12-19-18(13-16)22(31(29,30)17-9-5-2-6-10-17)21(25-19)23(28)26-20(14-27)15-7-3-1-4-8-15/h1-13,20,25,27H,14H2,(H,26,28). The minimum atomic E-state index is -4.04. The van der Waals surface area contributed by atoms with Crippen molar-refractivity contribution in [3.05, 3.63) is 95.1 Å². The lowest BCUT2D eigenvalue weighted by atomic mass is 10.1. The fourth-order valence-corrected chi connectivity index (χ4v) is 5.24. The van der Waals surface area contributed by atoms with Crippen LogP contribution in [0.1, 0.15) is 22.1 Å². The largest absolute Gasteiger partial charge is 0.394 e. The van der Waals surface area contributed by atoms with Crippen LogP contribution in [0.3, 0.4) is 0 Å². The number of aromatic nitrogens is 1. The maximum atomic E-state index is 13.5. The summed E-state index contributed by atoms with van der Waals surface area (Å²) < 4.78 is 27.0. The molecule has 4 aromatic rings. The fourth-order valence-electron chi connectivity index (χ4n) is 3.45. The molecule has 0 radical (unpaired) electrons. The third-order valence-corrected chi connectivity index (χ3v) is 7.04. The van der Waals surface area contributed by atoms with Gasteiger partial charge in [-0.3, -0.25) is 4.79 Å². The molecule has 3 aromatic carbocycles. The Labute approximate surface area is 184 Å². The van der Waals surface area contributed by atoms with Crippen LogP contribution in [-0.4, -0.2) is 31.0 Å². The second kappa shape index (κ2) is 8.55. The Morgan fingerprint density at radius 1 is 1.00 bits per heavy atom. The molecule has 0 aliphatic heterocycles. The highest BCUT2D eigenvalue weighted by Crippen LogP contribution is 2.33. The number of nitrogens with one attached hydrogen (secondary N) is 2. The number of halogens is 1. The zero-order valence-electron chi connectivity index (χ0n) is 16.2. The van der Waals surface area contributed by atoms with E-state index in [1.165, 1.54) is 18.2 Å². The van der Waals surface area contributed by atoms with Crippen LogP contribution in [0.15, 0.2) is 88.7 Å². The quantitative estimate of drug-likeness (QED) is 0.408. The Morgan fingerprint density at radius 3 is 2.29 bits per heavy atom. The number of aromatic amines is 1. The van der Waals surface area contributed by atoms with E-state index >= 15 is 0 Å². The van der Waals surface area contributed by atoms with Crippen molar-refractivity contribution in [1.29, 1.82) is 0 Å². The Kier molecular flexibility index (Phi) is 5.82. The van der Waals surface area contributed by atoms with Crippen molar-refractivity contribution in [3.63, 3.8) is 0 Å². The lowest BCUT2D eigenvalue weighted by Gasteiger charge is -2.17. The lowest BCUT2D eigenvalue weighted by molar-refractivity contribution is 0.0908. The van der Waals surface area contributed by atoms with Gasteiger partial charge in [0.1, 0.15) is 10.6 Å². The van der Waals surface area contributed by atoms with Gasteiger partial charge < -0.3 is 15.4 Å². The molecule has 1 heterocycles. The van der Waals surface area contributed by atoms with Crippen LogP contribution in [0, 0.1) is 0 Å². The number of hydrogen-bond acceptors (Lipinski definition) is 4. The number of aliphatic hydroxyl groups excluding tert-OH is 1. The van der Waals surface area contributed by atoms with Crippen LogP contribution in [0.5, 0.6) is 0 Å². The van der Waals surface area contributed by atoms with E-state index in [9.17, 15) is 18.3 Å². The number of sulfone groups is 1. The Balaban J connectivity index is 1.85. The summed E-state index contributed by atoms with van der Waals surface area (Å²) in [7, 11) is -4.04. The van der Waals surface area contributed by atoms with Gasteiger partial charge in [-0.05, 0) is 35.9 Å². The normalized spacial score (nSPS) is 12.6. The maximum absolute atomic E-state index is 13.5. The Bertz CT molecular complexity index is 1340. The number of fused-ring (bicyclic) bond motifs is 1. The predicted octanol–water partition coefficient (Wildman–Crippen LogP) is 4.12. The zero-order valence-corrected chi connectivity index (χ0v) is 17.8. The number of H-pyrrole nitrogens is 1. The van der Waals surface area contributed by atoms with E-state index in [-0.39, 0.29) is 22.1 Å². The van der Waals surface area contributed by atoms with Crippen molar-refractivity contribution in [2.24, 2.45) is 0 Å². The molecule has 1 amide bonds. The van der Waals surface area contributed by atoms with Crippen LogP contribution >= 0.6 is 11.6 Å². The van der Waals surface area contributed by atoms with Crippen LogP contribution in [0.2, 0.25) is 5.02 Å². The first-order valence-electron chi connectivity index (χ1n) is 9.50. The van der Waals surface area contributed by atoms with Crippen molar-refractivity contribution in [2.75, 3.05) is 6.61 Å². The molecule has 0 saturated heterocycles. The molecule has 0 spiro atoms. The van der Waals surface area contributed by atoms with Crippen molar-refractivity contribution in [2.45, 2.75) is 15.8 Å². The van der Waals surface area contributed by atoms with E-state index < -0.39 is 21.8 Å². The summed E-state index contributed by atoms with van der Waals surface area (Å²) in [4.78, 5) is 16.0. The molecule has 158 valence electrons. The monoisotopic (exact) mass is 454 g/mol. The average molecular weight is 455 g/mol. The topological polar surface area (TPSA) is 99.3 Å². The molecule has 0 saturated carbocycles. The van der Waals surface area contributed by atoms with Crippen molar-refractivity contribution in [1.82, 2.24) is 10.3 Å². The van der Waals surface area contributed by atoms with E-state index in [1.807, 2.05) is 6.07 Å². The van der Waals surface area contributed by atoms with Crippen molar-refractivity contribution < 1.29 is 18.3 Å². The first kappa shape index (κ1) is 21.1. The van der Waals surface area contributed by atoms with E-state index in [2.05, 4.69) is 10.3 Å². The minimum Gasteiger partial charge on any atom is -0.394 e. The molecule has 0 aliphatic carbocycles. The summed E-state index contributed by atoms with van der Waals surface area (Å²) in [6, 6.07) is 20.9. The molecule has 1 aromatic heterocycles. The molecular weight excluding hydrogens is 436 g/mol. The second-order valence-electron chi connectivity index (χ2n) is 6.95. The second-order valence-corrected chi connectivity index (χ2v) is 9.28. The molecule has 31 heavy (non-hydrogen) atoms. The maximum Gasteiger partial charge on any atom is 0.269 e. The van der Waals surface area contributed by atoms with E-state index in [0.29, 0.717) is 21.5 Å². The van der Waals surface area contributed by atoms with Crippen LogP contribution in [0.4, 0.5) is 0 Å². The van der Waals surface area contributed by atoms with Gasteiger partial charge in [0.05, 0.1) is 17.5 Å². The van der Waals surface area contributed by atoms with Gasteiger partial charge in [0, 0.05) is 15.9 Å². The van der Waals surface area contributed by atoms with Gasteiger partial charge in [-0.2, -0.15) is 0 Å². The van der Waals surface area contributed by atoms with E-state index in [1.54, 1.807) is 54.6 Å². The van der Waals surface area contributed by atoms with Gasteiger partial charge in [0.15, 0.2) is 0 Å². The number of carbonyl (C=O) groups is 1. The molecule has 3 N–H and O–H groups in total. The molecule has 1 atom stereocenters. The highest BCUT2D eigenvalue weighted by atomic mass is 35.5. The molecular formula is C23H19ClN2O4S. The Morgan fingerprint density at radius 2 is 1.65 bits per heavy atom. The van der Waals surface area contributed by atoms with Gasteiger partial charge in [0.25, 0.3) is 5.91 Å². The SMILES string of the molecule is O=C(NC(CO)c1ccccc1)c1[nH]c2ccc(Cl)cc2c1S(=O)(=O)c1ccccc1. The summed E-state index contributed by atoms with van der Waals surface area (Å²) in [5.41, 5.74) is 1.05. The number of aliphatic hydroxyl groups is 1. The van der Waals surface area contributed by atoms with Gasteiger partial charge in [-0.25, -0.2) is 8.42 Å². The van der Waals surface area contributed by atoms with Crippen molar-refractivity contribution in [3.8, 4) is 0 Å². The first-order valence-corrected chi connectivity index (χ1v) is 11.4. The zero-order chi connectivity index (χ0) is 22.0. The highest BCUT2D eigenvalue weighted by Gasteiger charge is 2.30. The predicted molar refractivity (Wildman–Crippen MR) is 119 cm³/mol. The van der Waals surface area contributed by atoms with Crippen LogP contribution in [0.25, 0.3) is 10.9 Å². The van der Waals surface area contributed by atoms with Crippen molar-refractivity contribution >= 4 is 38.2 Å². The van der Waals surface area contributed by atoms with Gasteiger partial charge >= 0.3 is 0 Å². The third-order valence-electron chi connectivity index (χ3n) is 4.95. The summed E-state index contributed by atoms with van der Waals surface area (Å²) in [6.45, 7) is -0.345. The van der Waals surface area contributed by atoms with Gasteiger partial charge in [-0.15, -0.1) is 0 Å². The number of carbonyl (C=O) groups excluding carboxylic acids is 1. The molecule has 0 fully saturated rings. The van der Waals surface area contributed by atoms with Gasteiger partial charge in [-0.1, -0.05) is 60.1 Å². The number of hydrogen-bond donors (Lipinski definition) is 3. The smallest absolute Gasteiger partial charge is 0.269 e. The van der Waals surface area contributed by atoms with Crippen LogP contribution in [-0.2, 0) is 9.84 Å². The summed E-state index contributed by atoms with van der Waals surface area (Å²) >= 11 is 6.12.